The summed E-state index contributed by atoms with van der Waals surface area (Å²) in [5.74, 6) is 1.63. The fourth-order valence-electron chi connectivity index (χ4n) is 6.84. The van der Waals surface area contributed by atoms with Crippen molar-refractivity contribution >= 4 is 20.1 Å². The van der Waals surface area contributed by atoms with Crippen molar-refractivity contribution in [2.24, 2.45) is 11.3 Å². The molecule has 0 aliphatic heterocycles. The third-order valence-corrected chi connectivity index (χ3v) is 8.73. The highest BCUT2D eigenvalue weighted by molar-refractivity contribution is 6.04. The number of allylic oxidation sites excluding steroid dienone is 1. The molecule has 3 rings (SSSR count). The van der Waals surface area contributed by atoms with Gasteiger partial charge in [0.05, 0.1) is 5.69 Å². The smallest absolute Gasteiger partial charge is 0.181 e. The van der Waals surface area contributed by atoms with Crippen LogP contribution in [-0.2, 0) is 0 Å². The molecule has 3 heteroatoms. The van der Waals surface area contributed by atoms with E-state index in [1.807, 2.05) is 12.3 Å². The minimum absolute atomic E-state index is 0.646. The van der Waals surface area contributed by atoms with Crippen LogP contribution in [0.5, 0.6) is 0 Å². The van der Waals surface area contributed by atoms with Crippen LogP contribution in [0, 0.1) is 11.3 Å². The first kappa shape index (κ1) is 26.3. The van der Waals surface area contributed by atoms with E-state index in [-0.39, 0.29) is 0 Å². The predicted molar refractivity (Wildman–Crippen MR) is 148 cm³/mol. The molecular formula is C30H49BN2. The number of pyridine rings is 1. The van der Waals surface area contributed by atoms with Gasteiger partial charge in [-0.1, -0.05) is 76.5 Å². The van der Waals surface area contributed by atoms with Gasteiger partial charge in [-0.05, 0) is 93.4 Å². The fourth-order valence-corrected chi connectivity index (χ4v) is 6.84. The summed E-state index contributed by atoms with van der Waals surface area (Å²) in [5, 5.41) is 3.37. The van der Waals surface area contributed by atoms with E-state index in [0.29, 0.717) is 11.3 Å². The molecule has 1 aromatic heterocycles. The van der Waals surface area contributed by atoms with Gasteiger partial charge < -0.3 is 5.23 Å². The van der Waals surface area contributed by atoms with Crippen LogP contribution in [-0.4, -0.2) is 19.5 Å². The summed E-state index contributed by atoms with van der Waals surface area (Å²) in [7, 11) is 2.10. The molecule has 0 saturated heterocycles. The molecule has 1 atom stereocenters. The second-order valence-electron chi connectivity index (χ2n) is 11.0. The highest BCUT2D eigenvalue weighted by atomic mass is 14.7. The zero-order valence-corrected chi connectivity index (χ0v) is 21.7. The van der Waals surface area contributed by atoms with Gasteiger partial charge in [0.2, 0.25) is 0 Å². The molecule has 1 unspecified atom stereocenters. The maximum atomic E-state index is 4.58. The van der Waals surface area contributed by atoms with Crippen LogP contribution in [0.25, 0.3) is 12.2 Å². The Morgan fingerprint density at radius 3 is 2.27 bits per heavy atom. The lowest BCUT2D eigenvalue weighted by Gasteiger charge is -2.36. The Labute approximate surface area is 205 Å². The maximum absolute atomic E-state index is 4.58. The molecule has 1 aromatic rings. The average Bonchev–Trinajstić information content (AvgIpc) is 2.93. The molecular weight excluding hydrogens is 399 g/mol. The average molecular weight is 449 g/mol. The first-order chi connectivity index (χ1) is 16.2. The maximum Gasteiger partial charge on any atom is 0.181 e. The van der Waals surface area contributed by atoms with Crippen LogP contribution in [0.3, 0.4) is 0 Å². The lowest BCUT2D eigenvalue weighted by molar-refractivity contribution is 0.171. The number of nitrogens with zero attached hydrogens (tertiary/aromatic N) is 1. The van der Waals surface area contributed by atoms with E-state index in [4.69, 9.17) is 0 Å². The van der Waals surface area contributed by atoms with Gasteiger partial charge in [0.1, 0.15) is 0 Å². The van der Waals surface area contributed by atoms with Crippen molar-refractivity contribution < 1.29 is 0 Å². The normalized spacial score (nSPS) is 28.2. The van der Waals surface area contributed by atoms with E-state index in [1.54, 1.807) is 0 Å². The highest BCUT2D eigenvalue weighted by Gasteiger charge is 2.31. The first-order valence-corrected chi connectivity index (χ1v) is 14.1. The molecule has 1 N–H and O–H groups in total. The number of aromatic nitrogens is 1. The molecule has 182 valence electrons. The summed E-state index contributed by atoms with van der Waals surface area (Å²) < 4.78 is 0. The molecule has 0 radical (unpaired) electrons. The lowest BCUT2D eigenvalue weighted by Crippen LogP contribution is -2.22. The molecule has 0 aromatic carbocycles. The van der Waals surface area contributed by atoms with Crippen molar-refractivity contribution in [1.29, 1.82) is 0 Å². The molecule has 2 fully saturated rings. The Kier molecular flexibility index (Phi) is 11.3. The third-order valence-electron chi connectivity index (χ3n) is 8.73. The van der Waals surface area contributed by atoms with E-state index in [0.717, 1.165) is 11.6 Å². The van der Waals surface area contributed by atoms with E-state index < -0.39 is 0 Å². The van der Waals surface area contributed by atoms with Gasteiger partial charge in [0.15, 0.2) is 7.98 Å². The Bertz CT molecular complexity index is 729. The topological polar surface area (TPSA) is 24.9 Å². The van der Waals surface area contributed by atoms with E-state index in [1.165, 1.54) is 120 Å². The molecule has 0 amide bonds. The van der Waals surface area contributed by atoms with Crippen LogP contribution in [0.15, 0.2) is 24.9 Å². The molecule has 2 aliphatic carbocycles. The second kappa shape index (κ2) is 14.1. The van der Waals surface area contributed by atoms with Gasteiger partial charge in [-0.15, -0.1) is 0 Å². The minimum atomic E-state index is 0.646. The standard InChI is InChI=1S/C30H49BN2/c1-3-12-28-27(18-23-32-29(28)4-2)26-15-6-9-20-30(21-10-7-16-26)19-8-5-13-25(14-11-22-30)17-24-33-31/h3-4,12,18,23,25-26,33H,2,5-11,13-17,19-22,24,31H2,1H3/b12-3-. The molecule has 33 heavy (non-hydrogen) atoms. The predicted octanol–water partition coefficient (Wildman–Crippen LogP) is 7.85. The number of nitrogens with one attached hydrogen (secondary N) is 1. The Balaban J connectivity index is 1.63. The SMILES string of the molecule is BNCCC1CCCCC2(CCCCC(c3ccnc(C=C)c3/C=C\C)CCCC2)CCC1. The summed E-state index contributed by atoms with van der Waals surface area (Å²) >= 11 is 0. The molecule has 0 bridgehead atoms. The number of hydrogen-bond donors (Lipinski definition) is 1. The monoisotopic (exact) mass is 448 g/mol. The quantitative estimate of drug-likeness (QED) is 0.448. The highest BCUT2D eigenvalue weighted by Crippen LogP contribution is 2.45. The van der Waals surface area contributed by atoms with Crippen LogP contribution in [0.1, 0.15) is 132 Å². The summed E-state index contributed by atoms with van der Waals surface area (Å²) in [4.78, 5) is 4.58. The molecule has 2 aliphatic rings. The van der Waals surface area contributed by atoms with Crippen molar-refractivity contribution in [2.75, 3.05) is 6.54 Å². The lowest BCUT2D eigenvalue weighted by atomic mass is 9.70. The van der Waals surface area contributed by atoms with E-state index >= 15 is 0 Å². The zero-order valence-electron chi connectivity index (χ0n) is 21.7. The van der Waals surface area contributed by atoms with Gasteiger partial charge in [-0.3, -0.25) is 4.98 Å². The molecule has 1 heterocycles. The summed E-state index contributed by atoms with van der Waals surface area (Å²) in [6, 6.07) is 2.28. The van der Waals surface area contributed by atoms with Gasteiger partial charge in [0.25, 0.3) is 0 Å². The molecule has 2 saturated carbocycles. The minimum Gasteiger partial charge on any atom is -0.362 e. The van der Waals surface area contributed by atoms with Gasteiger partial charge in [0, 0.05) is 11.8 Å². The zero-order chi connectivity index (χ0) is 23.4. The van der Waals surface area contributed by atoms with Crippen molar-refractivity contribution in [2.45, 2.75) is 116 Å². The summed E-state index contributed by atoms with van der Waals surface area (Å²) in [6.45, 7) is 7.31. The first-order valence-electron chi connectivity index (χ1n) is 14.1. The van der Waals surface area contributed by atoms with Crippen LogP contribution >= 0.6 is 0 Å². The largest absolute Gasteiger partial charge is 0.362 e. The number of rotatable bonds is 6. The van der Waals surface area contributed by atoms with E-state index in [2.05, 4.69) is 49.9 Å². The Hall–Kier alpha value is -1.35. The second-order valence-corrected chi connectivity index (χ2v) is 11.0. The van der Waals surface area contributed by atoms with Gasteiger partial charge in [-0.25, -0.2) is 0 Å². The van der Waals surface area contributed by atoms with Crippen molar-refractivity contribution in [1.82, 2.24) is 10.2 Å². The van der Waals surface area contributed by atoms with Gasteiger partial charge in [-0.2, -0.15) is 0 Å². The van der Waals surface area contributed by atoms with Crippen LogP contribution < -0.4 is 5.23 Å². The third kappa shape index (κ3) is 7.84. The van der Waals surface area contributed by atoms with Crippen molar-refractivity contribution in [3.63, 3.8) is 0 Å². The van der Waals surface area contributed by atoms with Crippen LogP contribution in [0.4, 0.5) is 0 Å². The summed E-state index contributed by atoms with van der Waals surface area (Å²) in [5.41, 5.74) is 4.49. The fraction of sp³-hybridized carbons (Fsp3) is 0.700. The molecule has 1 spiro atoms. The Morgan fingerprint density at radius 1 is 1.00 bits per heavy atom. The number of hydrogen-bond acceptors (Lipinski definition) is 2. The summed E-state index contributed by atoms with van der Waals surface area (Å²) in [6.07, 6.45) is 31.2. The Morgan fingerprint density at radius 2 is 1.64 bits per heavy atom. The van der Waals surface area contributed by atoms with Crippen LogP contribution in [0.2, 0.25) is 0 Å². The van der Waals surface area contributed by atoms with Crippen molar-refractivity contribution in [3.05, 3.63) is 41.7 Å². The molecule has 2 nitrogen and oxygen atoms in total. The van der Waals surface area contributed by atoms with Crippen molar-refractivity contribution in [3.8, 4) is 0 Å². The van der Waals surface area contributed by atoms with Gasteiger partial charge >= 0.3 is 0 Å². The van der Waals surface area contributed by atoms with E-state index in [9.17, 15) is 0 Å².